The van der Waals surface area contributed by atoms with E-state index in [-0.39, 0.29) is 18.3 Å². The molecule has 0 N–H and O–H groups in total. The number of piperazine rings is 1. The molecule has 152 valence electrons. The normalized spacial score (nSPS) is 24.2. The van der Waals surface area contributed by atoms with Crippen molar-refractivity contribution in [2.45, 2.75) is 51.1 Å². The maximum absolute atomic E-state index is 13.1. The number of nitrogens with zero attached hydrogens (tertiary/aromatic N) is 4. The van der Waals surface area contributed by atoms with Crippen molar-refractivity contribution in [2.75, 3.05) is 37.6 Å². The molecule has 0 aromatic heterocycles. The molecule has 1 saturated carbocycles. The second kappa shape index (κ2) is 9.15. The maximum atomic E-state index is 13.1. The standard InChI is InChI=1S/C22H30N4O.ClH/c1-17-16-25(20-3-2-4-20)13-14-26(17)22(27)19-9-11-24(12-10-19)21-7-5-18(15-23)6-8-21;/h5-8,17,19-20H,2-4,9-14,16H2,1H3;1H/t17-;/m0./s1. The molecule has 3 fully saturated rings. The summed E-state index contributed by atoms with van der Waals surface area (Å²) in [4.78, 5) is 20.2. The van der Waals surface area contributed by atoms with Crippen LogP contribution in [0.25, 0.3) is 0 Å². The van der Waals surface area contributed by atoms with Gasteiger partial charge in [0.1, 0.15) is 0 Å². The minimum absolute atomic E-state index is 0. The lowest BCUT2D eigenvalue weighted by Gasteiger charge is -2.47. The largest absolute Gasteiger partial charge is 0.371 e. The Morgan fingerprint density at radius 2 is 1.71 bits per heavy atom. The molecule has 0 spiro atoms. The van der Waals surface area contributed by atoms with Gasteiger partial charge in [-0.25, -0.2) is 0 Å². The fourth-order valence-corrected chi connectivity index (χ4v) is 4.76. The minimum atomic E-state index is 0. The van der Waals surface area contributed by atoms with Crippen LogP contribution in [0.5, 0.6) is 0 Å². The highest BCUT2D eigenvalue weighted by atomic mass is 35.5. The van der Waals surface area contributed by atoms with Crippen molar-refractivity contribution in [1.82, 2.24) is 9.80 Å². The van der Waals surface area contributed by atoms with Gasteiger partial charge in [0.15, 0.2) is 0 Å². The highest BCUT2D eigenvalue weighted by molar-refractivity contribution is 5.85. The van der Waals surface area contributed by atoms with Crippen molar-refractivity contribution in [3.63, 3.8) is 0 Å². The third-order valence-electron chi connectivity index (χ3n) is 6.74. The highest BCUT2D eigenvalue weighted by Gasteiger charge is 2.36. The number of benzene rings is 1. The van der Waals surface area contributed by atoms with Gasteiger partial charge in [0, 0.05) is 56.4 Å². The van der Waals surface area contributed by atoms with E-state index >= 15 is 0 Å². The van der Waals surface area contributed by atoms with Crippen molar-refractivity contribution in [3.05, 3.63) is 29.8 Å². The molecule has 2 aliphatic heterocycles. The van der Waals surface area contributed by atoms with Gasteiger partial charge in [-0.3, -0.25) is 9.69 Å². The molecule has 6 heteroatoms. The topological polar surface area (TPSA) is 50.6 Å². The monoisotopic (exact) mass is 402 g/mol. The predicted molar refractivity (Wildman–Crippen MR) is 114 cm³/mol. The number of piperidine rings is 1. The number of nitriles is 1. The first kappa shape index (κ1) is 21.0. The lowest BCUT2D eigenvalue weighted by Crippen LogP contribution is -2.59. The Kier molecular flexibility index (Phi) is 6.85. The Hall–Kier alpha value is -1.77. The van der Waals surface area contributed by atoms with Gasteiger partial charge in [-0.1, -0.05) is 6.42 Å². The molecule has 28 heavy (non-hydrogen) atoms. The predicted octanol–water partition coefficient (Wildman–Crippen LogP) is 3.28. The number of hydrogen-bond acceptors (Lipinski definition) is 4. The number of rotatable bonds is 3. The smallest absolute Gasteiger partial charge is 0.226 e. The molecule has 2 heterocycles. The first-order valence-electron chi connectivity index (χ1n) is 10.5. The summed E-state index contributed by atoms with van der Waals surface area (Å²) in [5.74, 6) is 0.535. The fourth-order valence-electron chi connectivity index (χ4n) is 4.76. The summed E-state index contributed by atoms with van der Waals surface area (Å²) < 4.78 is 0. The van der Waals surface area contributed by atoms with Crippen molar-refractivity contribution in [1.29, 1.82) is 5.26 Å². The van der Waals surface area contributed by atoms with Crippen LogP contribution in [0.3, 0.4) is 0 Å². The highest BCUT2D eigenvalue weighted by Crippen LogP contribution is 2.29. The van der Waals surface area contributed by atoms with E-state index in [1.54, 1.807) is 0 Å². The lowest BCUT2D eigenvalue weighted by atomic mass is 9.90. The molecule has 0 bridgehead atoms. The van der Waals surface area contributed by atoms with Gasteiger partial charge < -0.3 is 9.80 Å². The van der Waals surface area contributed by atoms with Gasteiger partial charge in [0.25, 0.3) is 0 Å². The summed E-state index contributed by atoms with van der Waals surface area (Å²) >= 11 is 0. The summed E-state index contributed by atoms with van der Waals surface area (Å²) in [5, 5.41) is 8.94. The van der Waals surface area contributed by atoms with Gasteiger partial charge in [-0.05, 0) is 56.9 Å². The molecule has 2 saturated heterocycles. The Morgan fingerprint density at radius 3 is 2.25 bits per heavy atom. The molecule has 0 radical (unpaired) electrons. The van der Waals surface area contributed by atoms with Crippen LogP contribution in [-0.4, -0.2) is 60.5 Å². The van der Waals surface area contributed by atoms with Gasteiger partial charge >= 0.3 is 0 Å². The van der Waals surface area contributed by atoms with E-state index in [1.165, 1.54) is 19.3 Å². The first-order chi connectivity index (χ1) is 13.2. The SMILES string of the molecule is C[C@H]1CN(C2CCC2)CCN1C(=O)C1CCN(c2ccc(C#N)cc2)CC1.Cl. The van der Waals surface area contributed by atoms with Gasteiger partial charge in [0.05, 0.1) is 11.6 Å². The molecule has 1 amide bonds. The Bertz CT molecular complexity index is 704. The molecule has 1 aromatic rings. The minimum Gasteiger partial charge on any atom is -0.371 e. The van der Waals surface area contributed by atoms with E-state index in [0.717, 1.165) is 57.3 Å². The van der Waals surface area contributed by atoms with E-state index in [1.807, 2.05) is 24.3 Å². The van der Waals surface area contributed by atoms with E-state index in [9.17, 15) is 4.79 Å². The molecule has 1 aliphatic carbocycles. The zero-order valence-electron chi connectivity index (χ0n) is 16.7. The quantitative estimate of drug-likeness (QED) is 0.778. The molecular formula is C22H31ClN4O. The molecule has 3 aliphatic rings. The third-order valence-corrected chi connectivity index (χ3v) is 6.74. The van der Waals surface area contributed by atoms with E-state index < -0.39 is 0 Å². The zero-order valence-corrected chi connectivity index (χ0v) is 17.5. The van der Waals surface area contributed by atoms with Crippen LogP contribution in [0, 0.1) is 17.2 Å². The van der Waals surface area contributed by atoms with Crippen molar-refractivity contribution in [3.8, 4) is 6.07 Å². The van der Waals surface area contributed by atoms with Gasteiger partial charge in [-0.15, -0.1) is 12.4 Å². The average molecular weight is 403 g/mol. The van der Waals surface area contributed by atoms with Crippen molar-refractivity contribution >= 4 is 24.0 Å². The number of carbonyl (C=O) groups excluding carboxylic acids is 1. The van der Waals surface area contributed by atoms with E-state index in [2.05, 4.69) is 27.7 Å². The molecule has 1 aromatic carbocycles. The van der Waals surface area contributed by atoms with Crippen LogP contribution in [0.1, 0.15) is 44.6 Å². The summed E-state index contributed by atoms with van der Waals surface area (Å²) in [6.07, 6.45) is 5.90. The molecule has 1 atom stereocenters. The molecule has 4 rings (SSSR count). The number of amides is 1. The Labute approximate surface area is 174 Å². The second-order valence-corrected chi connectivity index (χ2v) is 8.38. The first-order valence-corrected chi connectivity index (χ1v) is 10.5. The van der Waals surface area contributed by atoms with Crippen LogP contribution in [-0.2, 0) is 4.79 Å². The summed E-state index contributed by atoms with van der Waals surface area (Å²) in [6.45, 7) is 7.03. The maximum Gasteiger partial charge on any atom is 0.226 e. The van der Waals surface area contributed by atoms with Crippen LogP contribution in [0.2, 0.25) is 0 Å². The Morgan fingerprint density at radius 1 is 1.04 bits per heavy atom. The second-order valence-electron chi connectivity index (χ2n) is 8.38. The van der Waals surface area contributed by atoms with Crippen LogP contribution >= 0.6 is 12.4 Å². The average Bonchev–Trinajstić information content (AvgIpc) is 2.66. The van der Waals surface area contributed by atoms with Gasteiger partial charge in [0.2, 0.25) is 5.91 Å². The van der Waals surface area contributed by atoms with E-state index in [4.69, 9.17) is 5.26 Å². The van der Waals surface area contributed by atoms with Crippen molar-refractivity contribution in [2.24, 2.45) is 5.92 Å². The number of carbonyl (C=O) groups is 1. The van der Waals surface area contributed by atoms with Crippen LogP contribution in [0.15, 0.2) is 24.3 Å². The summed E-state index contributed by atoms with van der Waals surface area (Å²) in [6, 6.07) is 11.1. The third kappa shape index (κ3) is 4.29. The molecule has 0 unspecified atom stereocenters. The lowest BCUT2D eigenvalue weighted by molar-refractivity contribution is -0.141. The fraction of sp³-hybridized carbons (Fsp3) is 0.636. The number of hydrogen-bond donors (Lipinski definition) is 0. The summed E-state index contributed by atoms with van der Waals surface area (Å²) in [5.41, 5.74) is 1.85. The van der Waals surface area contributed by atoms with Crippen molar-refractivity contribution < 1.29 is 4.79 Å². The van der Waals surface area contributed by atoms with E-state index in [0.29, 0.717) is 17.5 Å². The molecule has 5 nitrogen and oxygen atoms in total. The summed E-state index contributed by atoms with van der Waals surface area (Å²) in [7, 11) is 0. The zero-order chi connectivity index (χ0) is 18.8. The number of halogens is 1. The van der Waals surface area contributed by atoms with Gasteiger partial charge in [-0.2, -0.15) is 5.26 Å². The number of anilines is 1. The van der Waals surface area contributed by atoms with Crippen LogP contribution < -0.4 is 4.90 Å². The van der Waals surface area contributed by atoms with Crippen LogP contribution in [0.4, 0.5) is 5.69 Å². The molecular weight excluding hydrogens is 372 g/mol. The Balaban J connectivity index is 0.00000225.